The number of ketones is 1. The molecule has 0 radical (unpaired) electrons. The van der Waals surface area contributed by atoms with Crippen LogP contribution in [-0.4, -0.2) is 37.5 Å². The zero-order chi connectivity index (χ0) is 10.4. The Morgan fingerprint density at radius 2 is 2.15 bits per heavy atom. The Morgan fingerprint density at radius 1 is 1.62 bits per heavy atom. The molecule has 0 amide bonds. The highest BCUT2D eigenvalue weighted by Gasteiger charge is 2.11. The van der Waals surface area contributed by atoms with Crippen LogP contribution in [0.1, 0.15) is 20.8 Å². The van der Waals surface area contributed by atoms with Gasteiger partial charge in [0.1, 0.15) is 0 Å². The van der Waals surface area contributed by atoms with E-state index in [0.29, 0.717) is 0 Å². The Labute approximate surface area is 80.4 Å². The topological polar surface area (TPSA) is 29.5 Å². The molecule has 76 valence electrons. The fraction of sp³-hybridized carbons (Fsp3) is 0.700. The minimum absolute atomic E-state index is 0.0910. The summed E-state index contributed by atoms with van der Waals surface area (Å²) in [5, 5.41) is 0. The molecule has 3 nitrogen and oxygen atoms in total. The normalized spacial score (nSPS) is 14.1. The van der Waals surface area contributed by atoms with Crippen LogP contribution in [-0.2, 0) is 9.53 Å². The van der Waals surface area contributed by atoms with E-state index in [1.54, 1.807) is 14.0 Å². The first-order chi connectivity index (χ1) is 6.02. The van der Waals surface area contributed by atoms with Gasteiger partial charge >= 0.3 is 0 Å². The number of likely N-dealkylation sites (N-methyl/N-ethyl adjacent to an activating group) is 1. The predicted octanol–water partition coefficient (Wildman–Crippen LogP) is 1.45. The van der Waals surface area contributed by atoms with E-state index in [-0.39, 0.29) is 11.9 Å². The van der Waals surface area contributed by atoms with Gasteiger partial charge in [0.25, 0.3) is 0 Å². The summed E-state index contributed by atoms with van der Waals surface area (Å²) in [6, 6.07) is 0. The summed E-state index contributed by atoms with van der Waals surface area (Å²) < 4.78 is 5.12. The van der Waals surface area contributed by atoms with E-state index in [0.717, 1.165) is 12.2 Å². The molecule has 0 aliphatic carbocycles. The minimum Gasteiger partial charge on any atom is -0.380 e. The van der Waals surface area contributed by atoms with Gasteiger partial charge in [0.05, 0.1) is 11.8 Å². The maximum absolute atomic E-state index is 11.1. The minimum atomic E-state index is 0.0910. The highest BCUT2D eigenvalue weighted by molar-refractivity contribution is 5.92. The summed E-state index contributed by atoms with van der Waals surface area (Å²) in [6.45, 7) is 6.15. The van der Waals surface area contributed by atoms with E-state index in [1.165, 1.54) is 0 Å². The molecule has 0 aliphatic rings. The predicted molar refractivity (Wildman–Crippen MR) is 53.5 cm³/mol. The van der Waals surface area contributed by atoms with Crippen molar-refractivity contribution >= 4 is 5.78 Å². The molecule has 1 unspecified atom stereocenters. The van der Waals surface area contributed by atoms with E-state index in [9.17, 15) is 4.79 Å². The smallest absolute Gasteiger partial charge is 0.175 e. The number of ether oxygens (including phenoxy) is 1. The lowest BCUT2D eigenvalue weighted by atomic mass is 10.2. The van der Waals surface area contributed by atoms with Crippen molar-refractivity contribution in [3.05, 3.63) is 11.8 Å². The molecule has 0 aromatic rings. The largest absolute Gasteiger partial charge is 0.380 e. The second kappa shape index (κ2) is 5.75. The van der Waals surface area contributed by atoms with Gasteiger partial charge < -0.3 is 9.64 Å². The van der Waals surface area contributed by atoms with E-state index in [1.807, 2.05) is 31.9 Å². The fourth-order valence-corrected chi connectivity index (χ4v) is 1.25. The maximum atomic E-state index is 11.1. The molecular weight excluding hydrogens is 166 g/mol. The van der Waals surface area contributed by atoms with Gasteiger partial charge in [-0.05, 0) is 13.8 Å². The molecule has 0 spiro atoms. The molecule has 0 heterocycles. The number of carbonyl (C=O) groups is 1. The SMILES string of the molecule is C/C=C(\C(C)=O)N(C)CC(C)OC. The van der Waals surface area contributed by atoms with Gasteiger partial charge in [-0.2, -0.15) is 0 Å². The maximum Gasteiger partial charge on any atom is 0.175 e. The zero-order valence-corrected chi connectivity index (χ0v) is 9.13. The fourth-order valence-electron chi connectivity index (χ4n) is 1.25. The van der Waals surface area contributed by atoms with Gasteiger partial charge in [0, 0.05) is 27.6 Å². The first-order valence-corrected chi connectivity index (χ1v) is 4.44. The highest BCUT2D eigenvalue weighted by atomic mass is 16.5. The lowest BCUT2D eigenvalue weighted by molar-refractivity contribution is -0.115. The van der Waals surface area contributed by atoms with Crippen LogP contribution < -0.4 is 0 Å². The number of allylic oxidation sites excluding steroid dienone is 2. The van der Waals surface area contributed by atoms with Crippen molar-refractivity contribution in [2.24, 2.45) is 0 Å². The first-order valence-electron chi connectivity index (χ1n) is 4.44. The van der Waals surface area contributed by atoms with Gasteiger partial charge in [-0.15, -0.1) is 0 Å². The van der Waals surface area contributed by atoms with Crippen LogP contribution in [0, 0.1) is 0 Å². The van der Waals surface area contributed by atoms with Crippen molar-refractivity contribution in [3.8, 4) is 0 Å². The van der Waals surface area contributed by atoms with Gasteiger partial charge in [-0.25, -0.2) is 0 Å². The molecule has 3 heteroatoms. The molecule has 0 fully saturated rings. The van der Waals surface area contributed by atoms with Crippen LogP contribution in [0.5, 0.6) is 0 Å². The number of nitrogens with zero attached hydrogens (tertiary/aromatic N) is 1. The van der Waals surface area contributed by atoms with Crippen molar-refractivity contribution < 1.29 is 9.53 Å². The highest BCUT2D eigenvalue weighted by Crippen LogP contribution is 2.04. The average molecular weight is 185 g/mol. The second-order valence-electron chi connectivity index (χ2n) is 3.16. The molecule has 0 aromatic carbocycles. The third-order valence-corrected chi connectivity index (χ3v) is 1.98. The molecule has 0 aromatic heterocycles. The van der Waals surface area contributed by atoms with E-state index < -0.39 is 0 Å². The van der Waals surface area contributed by atoms with Gasteiger partial charge in [0.2, 0.25) is 0 Å². The van der Waals surface area contributed by atoms with Crippen molar-refractivity contribution in [1.29, 1.82) is 0 Å². The first kappa shape index (κ1) is 12.2. The monoisotopic (exact) mass is 185 g/mol. The lowest BCUT2D eigenvalue weighted by Gasteiger charge is -2.23. The van der Waals surface area contributed by atoms with Gasteiger partial charge in [0.15, 0.2) is 5.78 Å². The summed E-state index contributed by atoms with van der Waals surface area (Å²) in [5.74, 6) is 0.0910. The number of hydrogen-bond donors (Lipinski definition) is 0. The molecular formula is C10H19NO2. The summed E-state index contributed by atoms with van der Waals surface area (Å²) in [4.78, 5) is 13.0. The van der Waals surface area contributed by atoms with Crippen molar-refractivity contribution in [1.82, 2.24) is 4.90 Å². The quantitative estimate of drug-likeness (QED) is 0.607. The number of rotatable bonds is 5. The van der Waals surface area contributed by atoms with Crippen molar-refractivity contribution in [3.63, 3.8) is 0 Å². The average Bonchev–Trinajstić information content (AvgIpc) is 2.04. The molecule has 0 saturated carbocycles. The molecule has 0 N–H and O–H groups in total. The van der Waals surface area contributed by atoms with Crippen LogP contribution in [0.4, 0.5) is 0 Å². The Bertz CT molecular complexity index is 199. The van der Waals surface area contributed by atoms with Crippen LogP contribution in [0.25, 0.3) is 0 Å². The third-order valence-electron chi connectivity index (χ3n) is 1.98. The van der Waals surface area contributed by atoms with Crippen LogP contribution >= 0.6 is 0 Å². The van der Waals surface area contributed by atoms with E-state index in [2.05, 4.69) is 0 Å². The number of Topliss-reactive ketones (excluding diaryl/α,β-unsaturated/α-hetero) is 1. The zero-order valence-electron chi connectivity index (χ0n) is 9.13. The summed E-state index contributed by atoms with van der Waals surface area (Å²) >= 11 is 0. The van der Waals surface area contributed by atoms with Gasteiger partial charge in [-0.1, -0.05) is 6.08 Å². The molecule has 0 rings (SSSR count). The lowest BCUT2D eigenvalue weighted by Crippen LogP contribution is -2.30. The number of hydrogen-bond acceptors (Lipinski definition) is 3. The Hall–Kier alpha value is -0.830. The summed E-state index contributed by atoms with van der Waals surface area (Å²) in [7, 11) is 3.56. The van der Waals surface area contributed by atoms with Gasteiger partial charge in [-0.3, -0.25) is 4.79 Å². The molecule has 0 aliphatic heterocycles. The molecule has 1 atom stereocenters. The third kappa shape index (κ3) is 4.08. The van der Waals surface area contributed by atoms with Crippen molar-refractivity contribution in [2.75, 3.05) is 20.7 Å². The van der Waals surface area contributed by atoms with Crippen molar-refractivity contribution in [2.45, 2.75) is 26.9 Å². The second-order valence-corrected chi connectivity index (χ2v) is 3.16. The standard InChI is InChI=1S/C10H19NO2/c1-6-10(9(3)12)11(4)7-8(2)13-5/h6,8H,7H2,1-5H3/b10-6+. The number of methoxy groups -OCH3 is 1. The number of carbonyl (C=O) groups excluding carboxylic acids is 1. The van der Waals surface area contributed by atoms with Crippen LogP contribution in [0.2, 0.25) is 0 Å². The Morgan fingerprint density at radius 3 is 2.46 bits per heavy atom. The van der Waals surface area contributed by atoms with E-state index in [4.69, 9.17) is 4.74 Å². The molecule has 0 saturated heterocycles. The Kier molecular flexibility index (Phi) is 5.39. The van der Waals surface area contributed by atoms with Crippen LogP contribution in [0.15, 0.2) is 11.8 Å². The molecule has 13 heavy (non-hydrogen) atoms. The Balaban J connectivity index is 4.23. The van der Waals surface area contributed by atoms with E-state index >= 15 is 0 Å². The summed E-state index contributed by atoms with van der Waals surface area (Å²) in [6.07, 6.45) is 1.96. The summed E-state index contributed by atoms with van der Waals surface area (Å²) in [5.41, 5.74) is 0.740. The van der Waals surface area contributed by atoms with Crippen LogP contribution in [0.3, 0.4) is 0 Å². The molecule has 0 bridgehead atoms.